The van der Waals surface area contributed by atoms with E-state index in [4.69, 9.17) is 10.3 Å². The van der Waals surface area contributed by atoms with Crippen LogP contribution in [0, 0.1) is 6.92 Å². The van der Waals surface area contributed by atoms with Gasteiger partial charge in [-0.15, -0.1) is 11.3 Å². The molecule has 2 aromatic heterocycles. The maximum atomic E-state index is 5.86. The molecular formula is C14H14N2OS. The van der Waals surface area contributed by atoms with Gasteiger partial charge >= 0.3 is 0 Å². The number of hydrazine groups is 1. The highest BCUT2D eigenvalue weighted by molar-refractivity contribution is 7.10. The number of para-hydroxylation sites is 1. The highest BCUT2D eigenvalue weighted by Crippen LogP contribution is 2.31. The monoisotopic (exact) mass is 258 g/mol. The van der Waals surface area contributed by atoms with Crippen molar-refractivity contribution >= 4 is 22.3 Å². The number of thiophene rings is 1. The van der Waals surface area contributed by atoms with Crippen molar-refractivity contribution in [3.8, 4) is 0 Å². The third kappa shape index (κ3) is 1.84. The van der Waals surface area contributed by atoms with E-state index < -0.39 is 0 Å². The number of fused-ring (bicyclic) bond motifs is 1. The van der Waals surface area contributed by atoms with E-state index >= 15 is 0 Å². The second kappa shape index (κ2) is 4.57. The van der Waals surface area contributed by atoms with Crippen molar-refractivity contribution in [3.63, 3.8) is 0 Å². The third-order valence-electron chi connectivity index (χ3n) is 3.11. The van der Waals surface area contributed by atoms with Crippen molar-refractivity contribution in [3.05, 3.63) is 58.0 Å². The molecule has 0 spiro atoms. The summed E-state index contributed by atoms with van der Waals surface area (Å²) in [5, 5.41) is 3.16. The van der Waals surface area contributed by atoms with E-state index in [1.807, 2.05) is 30.3 Å². The maximum Gasteiger partial charge on any atom is 0.134 e. The average Bonchev–Trinajstić information content (AvgIpc) is 2.97. The zero-order valence-corrected chi connectivity index (χ0v) is 10.8. The lowest BCUT2D eigenvalue weighted by molar-refractivity contribution is 0.477. The highest BCUT2D eigenvalue weighted by Gasteiger charge is 2.19. The van der Waals surface area contributed by atoms with Gasteiger partial charge in [0.2, 0.25) is 0 Å². The fraction of sp³-hybridized carbons (Fsp3) is 0.143. The molecular weight excluding hydrogens is 244 g/mol. The molecule has 1 aromatic carbocycles. The lowest BCUT2D eigenvalue weighted by atomic mass is 10.1. The molecule has 1 atom stereocenters. The van der Waals surface area contributed by atoms with E-state index in [9.17, 15) is 0 Å². The van der Waals surface area contributed by atoms with Crippen LogP contribution in [0.2, 0.25) is 0 Å². The van der Waals surface area contributed by atoms with Gasteiger partial charge in [0.1, 0.15) is 17.4 Å². The summed E-state index contributed by atoms with van der Waals surface area (Å²) in [6.45, 7) is 2.09. The van der Waals surface area contributed by atoms with E-state index in [0.29, 0.717) is 0 Å². The highest BCUT2D eigenvalue weighted by atomic mass is 32.1. The minimum Gasteiger partial charge on any atom is -0.459 e. The van der Waals surface area contributed by atoms with Gasteiger partial charge in [-0.3, -0.25) is 5.84 Å². The summed E-state index contributed by atoms with van der Waals surface area (Å²) in [6, 6.07) is 12.0. The van der Waals surface area contributed by atoms with Crippen molar-refractivity contribution in [2.45, 2.75) is 13.0 Å². The van der Waals surface area contributed by atoms with Crippen LogP contribution in [0.1, 0.15) is 22.2 Å². The van der Waals surface area contributed by atoms with Gasteiger partial charge in [-0.25, -0.2) is 5.43 Å². The third-order valence-corrected chi connectivity index (χ3v) is 3.97. The van der Waals surface area contributed by atoms with Gasteiger partial charge < -0.3 is 4.42 Å². The van der Waals surface area contributed by atoms with Gasteiger partial charge in [-0.05, 0) is 36.1 Å². The zero-order valence-electron chi connectivity index (χ0n) is 10.0. The molecule has 0 amide bonds. The number of hydrogen-bond acceptors (Lipinski definition) is 4. The molecule has 0 fully saturated rings. The molecule has 0 bridgehead atoms. The maximum absolute atomic E-state index is 5.86. The lowest BCUT2D eigenvalue weighted by Crippen LogP contribution is -2.28. The van der Waals surface area contributed by atoms with Crippen molar-refractivity contribution < 1.29 is 4.42 Å². The largest absolute Gasteiger partial charge is 0.459 e. The van der Waals surface area contributed by atoms with Gasteiger partial charge in [0.25, 0.3) is 0 Å². The van der Waals surface area contributed by atoms with Crippen LogP contribution in [0.4, 0.5) is 0 Å². The molecule has 92 valence electrons. The molecule has 3 rings (SSSR count). The first-order chi connectivity index (χ1) is 8.79. The first-order valence-corrected chi connectivity index (χ1v) is 6.66. The van der Waals surface area contributed by atoms with Crippen LogP contribution in [0.3, 0.4) is 0 Å². The van der Waals surface area contributed by atoms with E-state index in [1.165, 1.54) is 10.4 Å². The van der Waals surface area contributed by atoms with Crippen LogP contribution in [-0.4, -0.2) is 0 Å². The van der Waals surface area contributed by atoms with Crippen molar-refractivity contribution in [1.82, 2.24) is 5.43 Å². The molecule has 2 heterocycles. The molecule has 0 aliphatic heterocycles. The van der Waals surface area contributed by atoms with Crippen molar-refractivity contribution in [2.75, 3.05) is 0 Å². The molecule has 1 unspecified atom stereocenters. The summed E-state index contributed by atoms with van der Waals surface area (Å²) in [5.74, 6) is 6.53. The normalized spacial score (nSPS) is 13.0. The van der Waals surface area contributed by atoms with Gasteiger partial charge in [-0.2, -0.15) is 0 Å². The Bertz CT molecular complexity index is 638. The van der Waals surface area contributed by atoms with Gasteiger partial charge in [0, 0.05) is 10.3 Å². The summed E-state index contributed by atoms with van der Waals surface area (Å²) < 4.78 is 5.86. The Hall–Kier alpha value is -1.62. The fourth-order valence-corrected chi connectivity index (χ4v) is 2.90. The Morgan fingerprint density at radius 2 is 2.11 bits per heavy atom. The fourth-order valence-electron chi connectivity index (χ4n) is 2.16. The SMILES string of the molecule is Cc1sccc1C(NN)c1cc2ccccc2o1. The molecule has 4 heteroatoms. The number of nitrogens with one attached hydrogen (secondary N) is 1. The van der Waals surface area contributed by atoms with Gasteiger partial charge in [0.05, 0.1) is 0 Å². The Morgan fingerprint density at radius 1 is 1.28 bits per heavy atom. The minimum absolute atomic E-state index is 0.0938. The van der Waals surface area contributed by atoms with Gasteiger partial charge in [-0.1, -0.05) is 18.2 Å². The molecule has 0 aliphatic carbocycles. The first-order valence-electron chi connectivity index (χ1n) is 5.78. The lowest BCUT2D eigenvalue weighted by Gasteiger charge is -2.12. The van der Waals surface area contributed by atoms with Crippen LogP contribution in [-0.2, 0) is 0 Å². The number of hydrogen-bond donors (Lipinski definition) is 2. The van der Waals surface area contributed by atoms with E-state index in [2.05, 4.69) is 23.8 Å². The minimum atomic E-state index is -0.0938. The van der Waals surface area contributed by atoms with E-state index in [0.717, 1.165) is 16.7 Å². The Morgan fingerprint density at radius 3 is 2.78 bits per heavy atom. The smallest absolute Gasteiger partial charge is 0.134 e. The molecule has 0 radical (unpaired) electrons. The van der Waals surface area contributed by atoms with E-state index in [-0.39, 0.29) is 6.04 Å². The predicted molar refractivity (Wildman–Crippen MR) is 74.4 cm³/mol. The second-order valence-electron chi connectivity index (χ2n) is 4.22. The summed E-state index contributed by atoms with van der Waals surface area (Å²) >= 11 is 1.71. The van der Waals surface area contributed by atoms with E-state index in [1.54, 1.807) is 11.3 Å². The molecule has 3 nitrogen and oxygen atoms in total. The Balaban J connectivity index is 2.09. The van der Waals surface area contributed by atoms with Crippen LogP contribution in [0.25, 0.3) is 11.0 Å². The molecule has 3 N–H and O–H groups in total. The second-order valence-corrected chi connectivity index (χ2v) is 5.34. The van der Waals surface area contributed by atoms with Crippen LogP contribution in [0.5, 0.6) is 0 Å². The summed E-state index contributed by atoms with van der Waals surface area (Å²) in [4.78, 5) is 1.25. The molecule has 3 aromatic rings. The zero-order chi connectivity index (χ0) is 12.5. The van der Waals surface area contributed by atoms with Crippen LogP contribution in [0.15, 0.2) is 46.2 Å². The molecule has 18 heavy (non-hydrogen) atoms. The summed E-state index contributed by atoms with van der Waals surface area (Å²) in [5.41, 5.74) is 4.89. The molecule has 0 aliphatic rings. The van der Waals surface area contributed by atoms with Crippen LogP contribution >= 0.6 is 11.3 Å². The molecule has 0 saturated carbocycles. The number of rotatable bonds is 3. The topological polar surface area (TPSA) is 51.2 Å². The number of aryl methyl sites for hydroxylation is 1. The molecule has 0 saturated heterocycles. The number of furan rings is 1. The number of nitrogens with two attached hydrogens (primary N) is 1. The van der Waals surface area contributed by atoms with Crippen LogP contribution < -0.4 is 11.3 Å². The van der Waals surface area contributed by atoms with Gasteiger partial charge in [0.15, 0.2) is 0 Å². The standard InChI is InChI=1S/C14H14N2OS/c1-9-11(6-7-18-9)14(16-15)13-8-10-4-2-3-5-12(10)17-13/h2-8,14,16H,15H2,1H3. The quantitative estimate of drug-likeness (QED) is 0.559. The summed E-state index contributed by atoms with van der Waals surface area (Å²) in [6.07, 6.45) is 0. The van der Waals surface area contributed by atoms with Crippen molar-refractivity contribution in [1.29, 1.82) is 0 Å². The average molecular weight is 258 g/mol. The van der Waals surface area contributed by atoms with Crippen molar-refractivity contribution in [2.24, 2.45) is 5.84 Å². The Kier molecular flexibility index (Phi) is 2.91. The predicted octanol–water partition coefficient (Wildman–Crippen LogP) is 3.36. The Labute approximate surface area is 109 Å². The number of benzene rings is 1. The first kappa shape index (κ1) is 11.5. The summed E-state index contributed by atoms with van der Waals surface area (Å²) in [7, 11) is 0.